The number of benzene rings is 2. The number of nitrogens with two attached hydrogens (primary N) is 1. The molecule has 0 aliphatic carbocycles. The molecule has 0 saturated carbocycles. The van der Waals surface area contributed by atoms with E-state index in [2.05, 4.69) is 5.43 Å². The highest BCUT2D eigenvalue weighted by Gasteiger charge is 1.95. The number of nitrogen functional groups attached to an aromatic ring is 1. The van der Waals surface area contributed by atoms with Gasteiger partial charge in [-0.05, 0) is 36.4 Å². The molecule has 0 amide bonds. The number of hydrazine groups is 1. The highest BCUT2D eigenvalue weighted by atomic mass is 16.5. The van der Waals surface area contributed by atoms with Gasteiger partial charge < -0.3 is 10.2 Å². The van der Waals surface area contributed by atoms with Crippen molar-refractivity contribution in [1.82, 2.24) is 0 Å². The number of rotatable bonds is 3. The van der Waals surface area contributed by atoms with E-state index in [1.165, 1.54) is 0 Å². The first-order chi connectivity index (χ1) is 7.38. The van der Waals surface area contributed by atoms with E-state index in [0.29, 0.717) is 0 Å². The van der Waals surface area contributed by atoms with Crippen molar-refractivity contribution in [2.24, 2.45) is 5.84 Å². The number of para-hydroxylation sites is 1. The van der Waals surface area contributed by atoms with Crippen LogP contribution in [0.4, 0.5) is 5.69 Å². The Hall–Kier alpha value is -2.00. The fourth-order valence-corrected chi connectivity index (χ4v) is 1.24. The Morgan fingerprint density at radius 3 is 2.00 bits per heavy atom. The van der Waals surface area contributed by atoms with Crippen LogP contribution in [-0.2, 0) is 0 Å². The maximum Gasteiger partial charge on any atom is 0.127 e. The normalized spacial score (nSPS) is 9.67. The summed E-state index contributed by atoms with van der Waals surface area (Å²) < 4.78 is 5.61. The van der Waals surface area contributed by atoms with Gasteiger partial charge in [-0.3, -0.25) is 5.84 Å². The standard InChI is InChI=1S/C12H12N2O/c13-14-10-6-8-12(9-7-10)15-11-4-2-1-3-5-11/h1-9,14H,13H2. The summed E-state index contributed by atoms with van der Waals surface area (Å²) in [6.07, 6.45) is 0. The van der Waals surface area contributed by atoms with E-state index in [4.69, 9.17) is 10.6 Å². The summed E-state index contributed by atoms with van der Waals surface area (Å²) in [6, 6.07) is 17.1. The van der Waals surface area contributed by atoms with Gasteiger partial charge >= 0.3 is 0 Å². The van der Waals surface area contributed by atoms with Crippen LogP contribution in [0.1, 0.15) is 0 Å². The predicted octanol–water partition coefficient (Wildman–Crippen LogP) is 2.76. The molecule has 0 atom stereocenters. The third kappa shape index (κ3) is 2.48. The molecule has 0 bridgehead atoms. The van der Waals surface area contributed by atoms with Crippen molar-refractivity contribution in [2.75, 3.05) is 5.43 Å². The maximum atomic E-state index is 5.61. The van der Waals surface area contributed by atoms with E-state index in [1.54, 1.807) is 0 Å². The van der Waals surface area contributed by atoms with E-state index < -0.39 is 0 Å². The third-order valence-corrected chi connectivity index (χ3v) is 2.00. The highest BCUT2D eigenvalue weighted by molar-refractivity contribution is 5.46. The number of anilines is 1. The van der Waals surface area contributed by atoms with Gasteiger partial charge in [0.25, 0.3) is 0 Å². The number of ether oxygens (including phenoxy) is 1. The van der Waals surface area contributed by atoms with Crippen LogP contribution in [0.25, 0.3) is 0 Å². The van der Waals surface area contributed by atoms with Crippen molar-refractivity contribution in [3.63, 3.8) is 0 Å². The van der Waals surface area contributed by atoms with Crippen molar-refractivity contribution >= 4 is 5.69 Å². The minimum absolute atomic E-state index is 0.792. The van der Waals surface area contributed by atoms with Gasteiger partial charge in [0.15, 0.2) is 0 Å². The van der Waals surface area contributed by atoms with Crippen molar-refractivity contribution in [3.8, 4) is 11.5 Å². The Labute approximate surface area is 88.5 Å². The first-order valence-corrected chi connectivity index (χ1v) is 4.68. The fraction of sp³-hybridized carbons (Fsp3) is 0. The molecular formula is C12H12N2O. The first-order valence-electron chi connectivity index (χ1n) is 4.68. The molecule has 0 aliphatic heterocycles. The largest absolute Gasteiger partial charge is 0.457 e. The van der Waals surface area contributed by atoms with Crippen LogP contribution in [0.15, 0.2) is 54.6 Å². The molecule has 2 aromatic rings. The lowest BCUT2D eigenvalue weighted by atomic mass is 10.3. The van der Waals surface area contributed by atoms with Crippen LogP contribution in [0.3, 0.4) is 0 Å². The zero-order chi connectivity index (χ0) is 10.5. The molecule has 0 spiro atoms. The van der Waals surface area contributed by atoms with Crippen LogP contribution in [-0.4, -0.2) is 0 Å². The molecule has 3 N–H and O–H groups in total. The molecule has 0 radical (unpaired) electrons. The van der Waals surface area contributed by atoms with E-state index in [9.17, 15) is 0 Å². The molecule has 0 heterocycles. The lowest BCUT2D eigenvalue weighted by molar-refractivity contribution is 0.483. The first kappa shape index (κ1) is 9.55. The Morgan fingerprint density at radius 2 is 1.40 bits per heavy atom. The fourth-order valence-electron chi connectivity index (χ4n) is 1.24. The molecule has 15 heavy (non-hydrogen) atoms. The zero-order valence-corrected chi connectivity index (χ0v) is 8.18. The van der Waals surface area contributed by atoms with Crippen molar-refractivity contribution < 1.29 is 4.74 Å². The van der Waals surface area contributed by atoms with E-state index >= 15 is 0 Å². The van der Waals surface area contributed by atoms with Crippen LogP contribution in [0, 0.1) is 0 Å². The van der Waals surface area contributed by atoms with Gasteiger partial charge in [0.2, 0.25) is 0 Å². The van der Waals surface area contributed by atoms with Crippen LogP contribution in [0.2, 0.25) is 0 Å². The summed E-state index contributed by atoms with van der Waals surface area (Å²) in [5.41, 5.74) is 3.42. The number of nitrogens with one attached hydrogen (secondary N) is 1. The smallest absolute Gasteiger partial charge is 0.127 e. The SMILES string of the molecule is NNc1ccc(Oc2ccccc2)cc1. The van der Waals surface area contributed by atoms with E-state index in [1.807, 2.05) is 54.6 Å². The van der Waals surface area contributed by atoms with E-state index in [-0.39, 0.29) is 0 Å². The predicted molar refractivity (Wildman–Crippen MR) is 60.8 cm³/mol. The second-order valence-corrected chi connectivity index (χ2v) is 3.08. The van der Waals surface area contributed by atoms with Crippen LogP contribution < -0.4 is 16.0 Å². The molecular weight excluding hydrogens is 188 g/mol. The summed E-state index contributed by atoms with van der Waals surface area (Å²) in [6.45, 7) is 0. The summed E-state index contributed by atoms with van der Waals surface area (Å²) >= 11 is 0. The summed E-state index contributed by atoms with van der Waals surface area (Å²) in [5.74, 6) is 6.88. The third-order valence-electron chi connectivity index (χ3n) is 2.00. The highest BCUT2D eigenvalue weighted by Crippen LogP contribution is 2.21. The Kier molecular flexibility index (Phi) is 2.85. The molecule has 2 rings (SSSR count). The van der Waals surface area contributed by atoms with Crippen LogP contribution >= 0.6 is 0 Å². The molecule has 0 saturated heterocycles. The van der Waals surface area contributed by atoms with Crippen molar-refractivity contribution in [1.29, 1.82) is 0 Å². The summed E-state index contributed by atoms with van der Waals surface area (Å²) in [7, 11) is 0. The Bertz CT molecular complexity index is 411. The molecule has 3 nitrogen and oxygen atoms in total. The second-order valence-electron chi connectivity index (χ2n) is 3.08. The molecule has 0 aromatic heterocycles. The molecule has 76 valence electrons. The summed E-state index contributed by atoms with van der Waals surface area (Å²) in [4.78, 5) is 0. The lowest BCUT2D eigenvalue weighted by Gasteiger charge is -2.06. The van der Waals surface area contributed by atoms with Crippen LogP contribution in [0.5, 0.6) is 11.5 Å². The second kappa shape index (κ2) is 4.48. The molecule has 2 aromatic carbocycles. The minimum atomic E-state index is 0.792. The Balaban J connectivity index is 2.11. The topological polar surface area (TPSA) is 47.3 Å². The number of hydrogen-bond donors (Lipinski definition) is 2. The molecule has 0 unspecified atom stereocenters. The van der Waals surface area contributed by atoms with Gasteiger partial charge in [-0.2, -0.15) is 0 Å². The van der Waals surface area contributed by atoms with Gasteiger partial charge in [-0.15, -0.1) is 0 Å². The van der Waals surface area contributed by atoms with Gasteiger partial charge in [0.05, 0.1) is 0 Å². The van der Waals surface area contributed by atoms with E-state index in [0.717, 1.165) is 17.2 Å². The van der Waals surface area contributed by atoms with Gasteiger partial charge in [0.1, 0.15) is 11.5 Å². The lowest BCUT2D eigenvalue weighted by Crippen LogP contribution is -2.05. The molecule has 3 heteroatoms. The monoisotopic (exact) mass is 200 g/mol. The maximum absolute atomic E-state index is 5.61. The summed E-state index contributed by atoms with van der Waals surface area (Å²) in [5, 5.41) is 0. The average Bonchev–Trinajstić information content (AvgIpc) is 2.31. The Morgan fingerprint density at radius 1 is 0.800 bits per heavy atom. The quantitative estimate of drug-likeness (QED) is 0.591. The van der Waals surface area contributed by atoms with Gasteiger partial charge in [-0.1, -0.05) is 18.2 Å². The molecule has 0 fully saturated rings. The van der Waals surface area contributed by atoms with Gasteiger partial charge in [0, 0.05) is 5.69 Å². The van der Waals surface area contributed by atoms with Crippen molar-refractivity contribution in [3.05, 3.63) is 54.6 Å². The van der Waals surface area contributed by atoms with Gasteiger partial charge in [-0.25, -0.2) is 0 Å². The average molecular weight is 200 g/mol. The zero-order valence-electron chi connectivity index (χ0n) is 8.18. The number of hydrogen-bond acceptors (Lipinski definition) is 3. The molecule has 0 aliphatic rings. The van der Waals surface area contributed by atoms with Crippen molar-refractivity contribution in [2.45, 2.75) is 0 Å². The minimum Gasteiger partial charge on any atom is -0.457 e.